The first kappa shape index (κ1) is 51.6. The highest BCUT2D eigenvalue weighted by atomic mass is 16.6. The van der Waals surface area contributed by atoms with Gasteiger partial charge in [0.2, 0.25) is 11.8 Å². The van der Waals surface area contributed by atoms with Crippen molar-refractivity contribution >= 4 is 30.0 Å². The number of aliphatic hydroxyl groups is 4. The van der Waals surface area contributed by atoms with Crippen molar-refractivity contribution in [2.45, 2.75) is 95.5 Å². The number of carbonyl (C=O) groups is 5. The first-order valence-electron chi connectivity index (χ1n) is 19.2. The van der Waals surface area contributed by atoms with E-state index >= 15 is 0 Å². The van der Waals surface area contributed by atoms with Gasteiger partial charge in [-0.15, -0.1) is 0 Å². The third-order valence-corrected chi connectivity index (χ3v) is 9.22. The van der Waals surface area contributed by atoms with Crippen molar-refractivity contribution in [2.75, 3.05) is 86.8 Å². The van der Waals surface area contributed by atoms with Crippen LogP contribution in [0.5, 0.6) is 0 Å². The number of alkyl carbamates (subject to hydrolysis) is 2. The highest BCUT2D eigenvalue weighted by Crippen LogP contribution is 2.43. The van der Waals surface area contributed by atoms with E-state index in [4.69, 9.17) is 33.2 Å². The Balaban J connectivity index is 2.98. The molecule has 0 saturated carbocycles. The quantitative estimate of drug-likeness (QED) is 0.0389. The van der Waals surface area contributed by atoms with Crippen LogP contribution < -0.4 is 21.3 Å². The number of aliphatic hydroxyl groups excluding tert-OH is 4. The zero-order valence-corrected chi connectivity index (χ0v) is 33.9. The minimum Gasteiger partial charge on any atom is -0.479 e. The van der Waals surface area contributed by atoms with Crippen LogP contribution in [0, 0.1) is 17.8 Å². The van der Waals surface area contributed by atoms with Gasteiger partial charge in [-0.1, -0.05) is 27.7 Å². The SMILES string of the molecule is COCCOCCOC(=O)NCCCCC(NC(=O)OCCOCCOC)C(=O)NCC(=O)NC1C(O)CC(C(=O)O)(C(C(C)C)C(C)C)OC1C(O)C(O)CO. The van der Waals surface area contributed by atoms with E-state index in [0.717, 1.165) is 0 Å². The summed E-state index contributed by atoms with van der Waals surface area (Å²) in [5.41, 5.74) is -2.03. The number of nitrogens with one attached hydrogen (secondary N) is 4. The Morgan fingerprint density at radius 2 is 1.37 bits per heavy atom. The van der Waals surface area contributed by atoms with Crippen molar-refractivity contribution in [3.05, 3.63) is 0 Å². The molecule has 0 bridgehead atoms. The fourth-order valence-corrected chi connectivity index (χ4v) is 6.72. The molecule has 1 saturated heterocycles. The second-order valence-corrected chi connectivity index (χ2v) is 14.2. The third-order valence-electron chi connectivity index (χ3n) is 9.22. The molecule has 1 rings (SSSR count). The Bertz CT molecular complexity index is 1190. The van der Waals surface area contributed by atoms with Gasteiger partial charge in [0.05, 0.1) is 64.9 Å². The minimum atomic E-state index is -2.03. The van der Waals surface area contributed by atoms with Gasteiger partial charge in [-0.2, -0.15) is 0 Å². The van der Waals surface area contributed by atoms with Crippen molar-refractivity contribution in [3.63, 3.8) is 0 Å². The monoisotopic (exact) mass is 826 g/mol. The largest absolute Gasteiger partial charge is 0.479 e. The lowest BCUT2D eigenvalue weighted by Crippen LogP contribution is -2.70. The summed E-state index contributed by atoms with van der Waals surface area (Å²) in [6.45, 7) is 7.26. The number of amides is 4. The summed E-state index contributed by atoms with van der Waals surface area (Å²) < 4.78 is 36.4. The summed E-state index contributed by atoms with van der Waals surface area (Å²) >= 11 is 0. The van der Waals surface area contributed by atoms with E-state index in [1.54, 1.807) is 27.7 Å². The summed E-state index contributed by atoms with van der Waals surface area (Å²) in [4.78, 5) is 63.8. The summed E-state index contributed by atoms with van der Waals surface area (Å²) in [6, 6.07) is -2.68. The first-order chi connectivity index (χ1) is 27.1. The zero-order valence-electron chi connectivity index (χ0n) is 33.9. The molecule has 57 heavy (non-hydrogen) atoms. The summed E-state index contributed by atoms with van der Waals surface area (Å²) in [5, 5.41) is 62.5. The Hall–Kier alpha value is -3.41. The van der Waals surface area contributed by atoms with Gasteiger partial charge < -0.3 is 80.0 Å². The van der Waals surface area contributed by atoms with Gasteiger partial charge in [-0.25, -0.2) is 14.4 Å². The van der Waals surface area contributed by atoms with Crippen LogP contribution in [0.3, 0.4) is 0 Å². The van der Waals surface area contributed by atoms with Crippen molar-refractivity contribution < 1.29 is 82.7 Å². The number of unbranched alkanes of at least 4 members (excludes halogenated alkanes) is 1. The summed E-state index contributed by atoms with van der Waals surface area (Å²) in [6.07, 6.45) is -8.40. The number of hydrogen-bond donors (Lipinski definition) is 9. The van der Waals surface area contributed by atoms with E-state index in [1.807, 2.05) is 0 Å². The number of carboxylic acid groups (broad SMARTS) is 1. The van der Waals surface area contributed by atoms with Crippen molar-refractivity contribution in [1.82, 2.24) is 21.3 Å². The van der Waals surface area contributed by atoms with Crippen LogP contribution in [0.25, 0.3) is 0 Å². The molecule has 0 aromatic rings. The third kappa shape index (κ3) is 18.4. The van der Waals surface area contributed by atoms with Crippen molar-refractivity contribution in [1.29, 1.82) is 0 Å². The standard InChI is InChI=1S/C36H66N4O17/c1-22(2)28(23(3)4)36(33(47)48)19-25(42)29(31(57-36)30(45)26(43)21-41)40-27(44)20-38-32(46)24(39-35(50)56-18-16-54-14-12-52-6)9-7-8-10-37-34(49)55-17-15-53-13-11-51-5/h22-26,28-31,41-43,45H,7-21H2,1-6H3,(H,37,49)(H,38,46)(H,39,50)(H,40,44)(H,47,48). The average Bonchev–Trinajstić information content (AvgIpc) is 3.15. The van der Waals surface area contributed by atoms with Gasteiger partial charge >= 0.3 is 18.2 Å². The van der Waals surface area contributed by atoms with Crippen molar-refractivity contribution in [3.8, 4) is 0 Å². The maximum Gasteiger partial charge on any atom is 0.407 e. The highest BCUT2D eigenvalue weighted by Gasteiger charge is 2.59. The Morgan fingerprint density at radius 1 is 0.807 bits per heavy atom. The van der Waals surface area contributed by atoms with Crippen LogP contribution in [0.1, 0.15) is 53.4 Å². The Kier molecular flexibility index (Phi) is 25.4. The van der Waals surface area contributed by atoms with Gasteiger partial charge in [-0.05, 0) is 31.1 Å². The molecule has 332 valence electrons. The lowest BCUT2D eigenvalue weighted by molar-refractivity contribution is -0.250. The fraction of sp³-hybridized carbons (Fsp3) is 0.861. The highest BCUT2D eigenvalue weighted by molar-refractivity contribution is 5.89. The van der Waals surface area contributed by atoms with Gasteiger partial charge in [0, 0.05) is 33.1 Å². The molecule has 4 amide bonds. The van der Waals surface area contributed by atoms with E-state index in [0.29, 0.717) is 32.7 Å². The second kappa shape index (κ2) is 28.1. The molecule has 7 unspecified atom stereocenters. The van der Waals surface area contributed by atoms with Crippen LogP contribution in [0.4, 0.5) is 9.59 Å². The van der Waals surface area contributed by atoms with E-state index in [2.05, 4.69) is 21.3 Å². The van der Waals surface area contributed by atoms with Gasteiger partial charge in [0.25, 0.3) is 0 Å². The number of rotatable bonds is 29. The van der Waals surface area contributed by atoms with Crippen LogP contribution >= 0.6 is 0 Å². The Labute approximate surface area is 333 Å². The lowest BCUT2D eigenvalue weighted by atomic mass is 9.68. The van der Waals surface area contributed by atoms with Gasteiger partial charge in [-0.3, -0.25) is 9.59 Å². The number of hydrogen-bond acceptors (Lipinski definition) is 16. The lowest BCUT2D eigenvalue weighted by Gasteiger charge is -2.51. The molecule has 0 aliphatic carbocycles. The number of ether oxygens (including phenoxy) is 7. The number of aliphatic carboxylic acids is 1. The molecular weight excluding hydrogens is 760 g/mol. The van der Waals surface area contributed by atoms with Gasteiger partial charge in [0.15, 0.2) is 5.60 Å². The molecule has 7 atom stereocenters. The molecule has 21 nitrogen and oxygen atoms in total. The maximum atomic E-state index is 13.3. The molecule has 1 aliphatic heterocycles. The molecule has 0 spiro atoms. The molecular formula is C36H66N4O17. The van der Waals surface area contributed by atoms with E-state index < -0.39 is 97.6 Å². The van der Waals surface area contributed by atoms with Crippen LogP contribution in [0.15, 0.2) is 0 Å². The second-order valence-electron chi connectivity index (χ2n) is 14.2. The smallest absolute Gasteiger partial charge is 0.407 e. The molecule has 1 fully saturated rings. The van der Waals surface area contributed by atoms with Gasteiger partial charge in [0.1, 0.15) is 37.6 Å². The zero-order chi connectivity index (χ0) is 43.0. The topological polar surface area (TPSA) is 299 Å². The molecule has 0 radical (unpaired) electrons. The molecule has 21 heteroatoms. The normalized spacial score (nSPS) is 21.1. The minimum absolute atomic E-state index is 0.0350. The molecule has 1 heterocycles. The molecule has 0 aromatic heterocycles. The molecule has 0 aromatic carbocycles. The Morgan fingerprint density at radius 3 is 1.89 bits per heavy atom. The van der Waals surface area contributed by atoms with Crippen LogP contribution in [-0.4, -0.2) is 184 Å². The molecule has 1 aliphatic rings. The van der Waals surface area contributed by atoms with E-state index in [-0.39, 0.29) is 57.8 Å². The number of carboxylic acids is 1. The number of methoxy groups -OCH3 is 2. The summed E-state index contributed by atoms with van der Waals surface area (Å²) in [7, 11) is 3.04. The van der Waals surface area contributed by atoms with Crippen LogP contribution in [-0.2, 0) is 47.5 Å². The predicted molar refractivity (Wildman–Crippen MR) is 200 cm³/mol. The average molecular weight is 827 g/mol. The maximum absolute atomic E-state index is 13.3. The number of carbonyl (C=O) groups excluding carboxylic acids is 4. The fourth-order valence-electron chi connectivity index (χ4n) is 6.72. The van der Waals surface area contributed by atoms with E-state index in [9.17, 15) is 49.5 Å². The van der Waals surface area contributed by atoms with E-state index in [1.165, 1.54) is 14.2 Å². The predicted octanol–water partition coefficient (Wildman–Crippen LogP) is -1.48. The van der Waals surface area contributed by atoms with Crippen LogP contribution in [0.2, 0.25) is 0 Å². The first-order valence-corrected chi connectivity index (χ1v) is 19.2. The van der Waals surface area contributed by atoms with Crippen molar-refractivity contribution in [2.24, 2.45) is 17.8 Å². The summed E-state index contributed by atoms with van der Waals surface area (Å²) in [5.74, 6) is -4.29. The molecule has 9 N–H and O–H groups in total.